The maximum atomic E-state index is 12.4. The topological polar surface area (TPSA) is 69.5 Å². The van der Waals surface area contributed by atoms with Gasteiger partial charge in [-0.05, 0) is 25.1 Å². The molecule has 8 heteroatoms. The Morgan fingerprint density at radius 1 is 1.21 bits per heavy atom. The number of aryl methyl sites for hydroxylation is 1. The van der Waals surface area contributed by atoms with Crippen molar-refractivity contribution in [2.24, 2.45) is 0 Å². The van der Waals surface area contributed by atoms with Crippen molar-refractivity contribution in [2.45, 2.75) is 18.6 Å². The summed E-state index contributed by atoms with van der Waals surface area (Å²) in [6, 6.07) is 8.48. The standard InChI is InChI=1S/C21H24N6OS/c1-4-13-29-20-22-19-18(15(2)24-27(19)21(28)23-20)17-7-5-16(6-8-17)14-26-11-9-25(3)10-12-26/h1,5-8H,9-14H2,2-3H3,(H,22,23,28). The average molecular weight is 409 g/mol. The van der Waals surface area contributed by atoms with Crippen LogP contribution in [0.2, 0.25) is 0 Å². The molecule has 0 unspecified atom stereocenters. The number of hydrogen-bond donors (Lipinski definition) is 1. The molecule has 0 aliphatic carbocycles. The van der Waals surface area contributed by atoms with Gasteiger partial charge < -0.3 is 4.90 Å². The molecule has 4 rings (SSSR count). The number of piperazine rings is 1. The van der Waals surface area contributed by atoms with Crippen LogP contribution in [0.25, 0.3) is 16.8 Å². The third-order valence-electron chi connectivity index (χ3n) is 5.19. The summed E-state index contributed by atoms with van der Waals surface area (Å²) in [4.78, 5) is 24.5. The summed E-state index contributed by atoms with van der Waals surface area (Å²) in [5.74, 6) is 3.00. The first-order valence-electron chi connectivity index (χ1n) is 9.61. The van der Waals surface area contributed by atoms with Gasteiger partial charge >= 0.3 is 5.69 Å². The molecule has 0 radical (unpaired) electrons. The summed E-state index contributed by atoms with van der Waals surface area (Å²) < 4.78 is 1.32. The molecule has 0 atom stereocenters. The minimum absolute atomic E-state index is 0.310. The largest absolute Gasteiger partial charge is 0.350 e. The Morgan fingerprint density at radius 3 is 2.62 bits per heavy atom. The van der Waals surface area contributed by atoms with E-state index in [-0.39, 0.29) is 5.69 Å². The molecule has 1 saturated heterocycles. The van der Waals surface area contributed by atoms with Crippen molar-refractivity contribution in [3.63, 3.8) is 0 Å². The fourth-order valence-corrected chi connectivity index (χ4v) is 4.12. The lowest BCUT2D eigenvalue weighted by molar-refractivity contribution is 0.148. The highest BCUT2D eigenvalue weighted by atomic mass is 32.2. The summed E-state index contributed by atoms with van der Waals surface area (Å²) in [5, 5.41) is 4.89. The molecule has 1 N–H and O–H groups in total. The molecule has 0 saturated carbocycles. The van der Waals surface area contributed by atoms with Crippen molar-refractivity contribution >= 4 is 17.4 Å². The summed E-state index contributed by atoms with van der Waals surface area (Å²) in [7, 11) is 2.17. The van der Waals surface area contributed by atoms with Crippen LogP contribution in [0, 0.1) is 19.3 Å². The number of rotatable bonds is 5. The van der Waals surface area contributed by atoms with Gasteiger partial charge in [0.1, 0.15) is 0 Å². The number of aromatic nitrogens is 4. The molecule has 0 spiro atoms. The van der Waals surface area contributed by atoms with E-state index in [0.717, 1.165) is 49.5 Å². The Morgan fingerprint density at radius 2 is 1.93 bits per heavy atom. The van der Waals surface area contributed by atoms with E-state index in [9.17, 15) is 4.79 Å². The Labute approximate surface area is 174 Å². The molecular weight excluding hydrogens is 384 g/mol. The van der Waals surface area contributed by atoms with Gasteiger partial charge in [-0.1, -0.05) is 41.9 Å². The quantitative estimate of drug-likeness (QED) is 0.513. The van der Waals surface area contributed by atoms with Crippen LogP contribution in [0.5, 0.6) is 0 Å². The van der Waals surface area contributed by atoms with Gasteiger partial charge in [-0.3, -0.25) is 9.88 Å². The lowest BCUT2D eigenvalue weighted by atomic mass is 10.0. The maximum absolute atomic E-state index is 12.4. The van der Waals surface area contributed by atoms with Gasteiger partial charge in [-0.2, -0.15) is 9.61 Å². The predicted molar refractivity (Wildman–Crippen MR) is 116 cm³/mol. The number of benzene rings is 1. The molecule has 0 bridgehead atoms. The van der Waals surface area contributed by atoms with Gasteiger partial charge in [0, 0.05) is 38.3 Å². The van der Waals surface area contributed by atoms with Crippen molar-refractivity contribution < 1.29 is 0 Å². The second kappa shape index (κ2) is 8.41. The van der Waals surface area contributed by atoms with Crippen molar-refractivity contribution in [3.8, 4) is 23.5 Å². The molecule has 0 amide bonds. The van der Waals surface area contributed by atoms with Gasteiger partial charge in [-0.15, -0.1) is 6.42 Å². The van der Waals surface area contributed by atoms with E-state index in [1.54, 1.807) is 0 Å². The van der Waals surface area contributed by atoms with Gasteiger partial charge in [0.15, 0.2) is 10.8 Å². The molecular formula is C21H24N6OS. The minimum atomic E-state index is -0.310. The van der Waals surface area contributed by atoms with Crippen LogP contribution in [-0.2, 0) is 6.54 Å². The number of terminal acetylenes is 1. The van der Waals surface area contributed by atoms with E-state index in [1.807, 2.05) is 6.92 Å². The Bertz CT molecular complexity index is 1100. The fourth-order valence-electron chi connectivity index (χ4n) is 3.59. The van der Waals surface area contributed by atoms with Crippen molar-refractivity contribution in [1.82, 2.24) is 29.4 Å². The predicted octanol–water partition coefficient (Wildman–Crippen LogP) is 1.87. The van der Waals surface area contributed by atoms with Crippen LogP contribution in [0.1, 0.15) is 11.3 Å². The number of thioether (sulfide) groups is 1. The number of nitrogens with zero attached hydrogens (tertiary/aromatic N) is 5. The van der Waals surface area contributed by atoms with E-state index >= 15 is 0 Å². The molecule has 1 aromatic carbocycles. The second-order valence-corrected chi connectivity index (χ2v) is 8.28. The zero-order valence-corrected chi connectivity index (χ0v) is 17.5. The van der Waals surface area contributed by atoms with E-state index in [2.05, 4.69) is 62.1 Å². The monoisotopic (exact) mass is 408 g/mol. The average Bonchev–Trinajstić information content (AvgIpc) is 3.05. The number of fused-ring (bicyclic) bond motifs is 1. The number of aromatic amines is 1. The first-order chi connectivity index (χ1) is 14.0. The van der Waals surface area contributed by atoms with Gasteiger partial charge in [0.2, 0.25) is 0 Å². The molecule has 1 aliphatic heterocycles. The van der Waals surface area contributed by atoms with Crippen LogP contribution in [0.15, 0.2) is 34.2 Å². The summed E-state index contributed by atoms with van der Waals surface area (Å²) in [6.45, 7) is 7.26. The Kier molecular flexibility index (Phi) is 5.72. The Balaban J connectivity index is 1.62. The van der Waals surface area contributed by atoms with E-state index < -0.39 is 0 Å². The molecule has 150 valence electrons. The summed E-state index contributed by atoms with van der Waals surface area (Å²) in [5.41, 5.74) is 4.18. The zero-order chi connectivity index (χ0) is 20.4. The van der Waals surface area contributed by atoms with Crippen molar-refractivity contribution in [1.29, 1.82) is 0 Å². The van der Waals surface area contributed by atoms with Crippen molar-refractivity contribution in [3.05, 3.63) is 46.0 Å². The van der Waals surface area contributed by atoms with Crippen molar-refractivity contribution in [2.75, 3.05) is 39.0 Å². The lowest BCUT2D eigenvalue weighted by Crippen LogP contribution is -2.43. The second-order valence-electron chi connectivity index (χ2n) is 7.31. The smallest absolute Gasteiger partial charge is 0.304 e. The zero-order valence-electron chi connectivity index (χ0n) is 16.7. The summed E-state index contributed by atoms with van der Waals surface area (Å²) in [6.07, 6.45) is 5.33. The third-order valence-corrected chi connectivity index (χ3v) is 5.96. The number of hydrogen-bond acceptors (Lipinski definition) is 6. The maximum Gasteiger partial charge on any atom is 0.350 e. The highest BCUT2D eigenvalue weighted by Crippen LogP contribution is 2.27. The van der Waals surface area contributed by atoms with Crippen LogP contribution < -0.4 is 5.69 Å². The highest BCUT2D eigenvalue weighted by Gasteiger charge is 2.17. The molecule has 1 fully saturated rings. The lowest BCUT2D eigenvalue weighted by Gasteiger charge is -2.32. The Hall–Kier alpha value is -2.60. The number of nitrogens with one attached hydrogen (secondary N) is 1. The first kappa shape index (κ1) is 19.7. The van der Waals surface area contributed by atoms with Crippen LogP contribution in [-0.4, -0.2) is 68.4 Å². The highest BCUT2D eigenvalue weighted by molar-refractivity contribution is 7.99. The minimum Gasteiger partial charge on any atom is -0.304 e. The molecule has 3 heterocycles. The molecule has 7 nitrogen and oxygen atoms in total. The van der Waals surface area contributed by atoms with Crippen LogP contribution >= 0.6 is 11.8 Å². The van der Waals surface area contributed by atoms with Gasteiger partial charge in [0.05, 0.1) is 11.4 Å². The van der Waals surface area contributed by atoms with E-state index in [0.29, 0.717) is 16.6 Å². The van der Waals surface area contributed by atoms with E-state index in [4.69, 9.17) is 6.42 Å². The molecule has 29 heavy (non-hydrogen) atoms. The third kappa shape index (κ3) is 4.22. The summed E-state index contributed by atoms with van der Waals surface area (Å²) >= 11 is 1.33. The van der Waals surface area contributed by atoms with Gasteiger partial charge in [-0.25, -0.2) is 9.78 Å². The molecule has 3 aromatic rings. The molecule has 1 aliphatic rings. The van der Waals surface area contributed by atoms with Gasteiger partial charge in [0.25, 0.3) is 0 Å². The van der Waals surface area contributed by atoms with Crippen LogP contribution in [0.3, 0.4) is 0 Å². The van der Waals surface area contributed by atoms with Crippen LogP contribution in [0.4, 0.5) is 0 Å². The van der Waals surface area contributed by atoms with E-state index in [1.165, 1.54) is 21.8 Å². The molecule has 2 aromatic heterocycles. The SMILES string of the molecule is C#CCSc1nc2c(-c3ccc(CN4CCN(C)CC4)cc3)c(C)nn2c(=O)[nH]1. The number of likely N-dealkylation sites (N-methyl/N-ethyl adjacent to an activating group) is 1. The number of H-pyrrole nitrogens is 1. The normalized spacial score (nSPS) is 15.6. The first-order valence-corrected chi connectivity index (χ1v) is 10.6. The fraction of sp³-hybridized carbons (Fsp3) is 0.381.